The highest BCUT2D eigenvalue weighted by molar-refractivity contribution is 9.10. The predicted molar refractivity (Wildman–Crippen MR) is 122 cm³/mol. The van der Waals surface area contributed by atoms with E-state index in [0.29, 0.717) is 35.5 Å². The Morgan fingerprint density at radius 3 is 2.59 bits per heavy atom. The van der Waals surface area contributed by atoms with Crippen molar-refractivity contribution in [3.05, 3.63) is 63.3 Å². The number of hydrogen-bond donors (Lipinski definition) is 1. The maximum absolute atomic E-state index is 12.6. The van der Waals surface area contributed by atoms with E-state index in [1.807, 2.05) is 31.2 Å². The molecule has 0 aliphatic carbocycles. The molecule has 29 heavy (non-hydrogen) atoms. The molecule has 3 rings (SSSR count). The summed E-state index contributed by atoms with van der Waals surface area (Å²) in [6.45, 7) is 5.09. The minimum atomic E-state index is -0.123. The lowest BCUT2D eigenvalue weighted by Gasteiger charge is -2.13. The van der Waals surface area contributed by atoms with E-state index in [0.717, 1.165) is 22.0 Å². The number of rotatable bonds is 7. The maximum Gasteiger partial charge on any atom is 0.276 e. The zero-order valence-electron chi connectivity index (χ0n) is 16.6. The molecule has 0 radical (unpaired) electrons. The fraction of sp³-hybridized carbons (Fsp3) is 0.273. The Hall–Kier alpha value is -2.38. The number of thiocarbonyl (C=S) groups is 1. The normalized spacial score (nSPS) is 15.0. The SMILES string of the molecule is CCCN1C(=O)/C(=C/c2cc(OC)c(OCc3ccc(C)cc3)cc2Br)NC1=S. The topological polar surface area (TPSA) is 50.8 Å². The number of carbonyl (C=O) groups is 1. The van der Waals surface area contributed by atoms with Gasteiger partial charge in [0.05, 0.1) is 7.11 Å². The quantitative estimate of drug-likeness (QED) is 0.460. The van der Waals surface area contributed by atoms with Gasteiger partial charge in [-0.25, -0.2) is 0 Å². The summed E-state index contributed by atoms with van der Waals surface area (Å²) in [6, 6.07) is 11.9. The average molecular weight is 475 g/mol. The Bertz CT molecular complexity index is 957. The molecule has 1 saturated heterocycles. The predicted octanol–water partition coefficient (Wildman–Crippen LogP) is 4.81. The van der Waals surface area contributed by atoms with Crippen LogP contribution in [0.5, 0.6) is 11.5 Å². The third-order valence-electron chi connectivity index (χ3n) is 4.51. The first-order valence-corrected chi connectivity index (χ1v) is 10.5. The first-order chi connectivity index (χ1) is 13.9. The number of ether oxygens (including phenoxy) is 2. The molecule has 0 unspecified atom stereocenters. The second-order valence-corrected chi connectivity index (χ2v) is 7.98. The summed E-state index contributed by atoms with van der Waals surface area (Å²) < 4.78 is 12.3. The lowest BCUT2D eigenvalue weighted by atomic mass is 10.1. The number of hydrogen-bond acceptors (Lipinski definition) is 4. The van der Waals surface area contributed by atoms with Crippen molar-refractivity contribution >= 4 is 45.2 Å². The molecule has 2 aromatic carbocycles. The summed E-state index contributed by atoms with van der Waals surface area (Å²) in [5, 5.41) is 3.43. The Morgan fingerprint density at radius 1 is 1.21 bits per heavy atom. The molecule has 0 atom stereocenters. The summed E-state index contributed by atoms with van der Waals surface area (Å²) in [7, 11) is 1.59. The van der Waals surface area contributed by atoms with Crippen LogP contribution in [0.4, 0.5) is 0 Å². The maximum atomic E-state index is 12.6. The van der Waals surface area contributed by atoms with Crippen molar-refractivity contribution in [2.45, 2.75) is 26.9 Å². The van der Waals surface area contributed by atoms with Gasteiger partial charge in [-0.1, -0.05) is 52.7 Å². The highest BCUT2D eigenvalue weighted by Gasteiger charge is 2.30. The number of halogens is 1. The minimum absolute atomic E-state index is 0.123. The van der Waals surface area contributed by atoms with E-state index in [4.69, 9.17) is 21.7 Å². The zero-order valence-corrected chi connectivity index (χ0v) is 19.0. The molecule has 1 heterocycles. The number of nitrogens with zero attached hydrogens (tertiary/aromatic N) is 1. The van der Waals surface area contributed by atoms with Crippen LogP contribution in [0.15, 0.2) is 46.6 Å². The van der Waals surface area contributed by atoms with Crippen LogP contribution in [0, 0.1) is 6.92 Å². The van der Waals surface area contributed by atoms with E-state index in [1.165, 1.54) is 5.56 Å². The second-order valence-electron chi connectivity index (χ2n) is 6.74. The van der Waals surface area contributed by atoms with Crippen LogP contribution in [-0.4, -0.2) is 29.6 Å². The highest BCUT2D eigenvalue weighted by atomic mass is 79.9. The van der Waals surface area contributed by atoms with Crippen molar-refractivity contribution in [2.24, 2.45) is 0 Å². The Morgan fingerprint density at radius 2 is 1.93 bits per heavy atom. The van der Waals surface area contributed by atoms with E-state index >= 15 is 0 Å². The third-order valence-corrected chi connectivity index (χ3v) is 5.52. The van der Waals surface area contributed by atoms with Crippen molar-refractivity contribution < 1.29 is 14.3 Å². The molecule has 2 aromatic rings. The van der Waals surface area contributed by atoms with Crippen molar-refractivity contribution in [1.29, 1.82) is 0 Å². The van der Waals surface area contributed by atoms with Gasteiger partial charge in [0.1, 0.15) is 12.3 Å². The van der Waals surface area contributed by atoms with Crippen LogP contribution in [0.3, 0.4) is 0 Å². The molecular formula is C22H23BrN2O3S. The van der Waals surface area contributed by atoms with Gasteiger partial charge in [0.15, 0.2) is 16.6 Å². The fourth-order valence-corrected chi connectivity index (χ4v) is 3.65. The highest BCUT2D eigenvalue weighted by Crippen LogP contribution is 2.35. The van der Waals surface area contributed by atoms with Crippen LogP contribution >= 0.6 is 28.1 Å². The molecule has 0 aromatic heterocycles. The van der Waals surface area contributed by atoms with Gasteiger partial charge >= 0.3 is 0 Å². The van der Waals surface area contributed by atoms with E-state index in [1.54, 1.807) is 18.1 Å². The Balaban J connectivity index is 1.82. The van der Waals surface area contributed by atoms with Crippen molar-refractivity contribution in [2.75, 3.05) is 13.7 Å². The Kier molecular flexibility index (Phi) is 6.92. The van der Waals surface area contributed by atoms with Crippen LogP contribution in [0.25, 0.3) is 6.08 Å². The number of carbonyl (C=O) groups excluding carboxylic acids is 1. The molecule has 1 amide bonds. The van der Waals surface area contributed by atoms with E-state index in [9.17, 15) is 4.79 Å². The average Bonchev–Trinajstić information content (AvgIpc) is 2.97. The lowest BCUT2D eigenvalue weighted by Crippen LogP contribution is -2.31. The molecule has 1 aliphatic heterocycles. The molecule has 1 N–H and O–H groups in total. The lowest BCUT2D eigenvalue weighted by molar-refractivity contribution is -0.122. The van der Waals surface area contributed by atoms with Gasteiger partial charge in [-0.15, -0.1) is 0 Å². The summed E-state index contributed by atoms with van der Waals surface area (Å²) in [6.07, 6.45) is 2.60. The van der Waals surface area contributed by atoms with Gasteiger partial charge in [0, 0.05) is 11.0 Å². The van der Waals surface area contributed by atoms with Crippen molar-refractivity contribution in [3.8, 4) is 11.5 Å². The number of aryl methyl sites for hydroxylation is 1. The van der Waals surface area contributed by atoms with E-state index in [2.05, 4.69) is 40.3 Å². The van der Waals surface area contributed by atoms with Gasteiger partial charge in [0.25, 0.3) is 5.91 Å². The van der Waals surface area contributed by atoms with E-state index in [-0.39, 0.29) is 5.91 Å². The van der Waals surface area contributed by atoms with Gasteiger partial charge in [-0.2, -0.15) is 0 Å². The molecule has 1 aliphatic rings. The standard InChI is InChI=1S/C22H23BrN2O3S/c1-4-9-25-21(26)18(24-22(25)29)10-16-11-19(27-3)20(12-17(16)23)28-13-15-7-5-14(2)6-8-15/h5-8,10-12H,4,9,13H2,1-3H3,(H,24,29)/b18-10-. The van der Waals surface area contributed by atoms with Crippen molar-refractivity contribution in [1.82, 2.24) is 10.2 Å². The third kappa shape index (κ3) is 4.97. The van der Waals surface area contributed by atoms with Crippen LogP contribution in [0.1, 0.15) is 30.0 Å². The van der Waals surface area contributed by atoms with Gasteiger partial charge in [-0.05, 0) is 54.9 Å². The fourth-order valence-electron chi connectivity index (χ4n) is 2.93. The molecular weight excluding hydrogens is 452 g/mol. The Labute approximate surface area is 184 Å². The first-order valence-electron chi connectivity index (χ1n) is 9.33. The molecule has 152 valence electrons. The molecule has 5 nitrogen and oxygen atoms in total. The minimum Gasteiger partial charge on any atom is -0.493 e. The number of methoxy groups -OCH3 is 1. The van der Waals surface area contributed by atoms with Crippen LogP contribution in [-0.2, 0) is 11.4 Å². The molecule has 0 bridgehead atoms. The summed E-state index contributed by atoms with van der Waals surface area (Å²) in [5.74, 6) is 1.09. The molecule has 1 fully saturated rings. The van der Waals surface area contributed by atoms with Gasteiger partial charge in [-0.3, -0.25) is 9.69 Å². The van der Waals surface area contributed by atoms with Crippen LogP contribution < -0.4 is 14.8 Å². The van der Waals surface area contributed by atoms with E-state index < -0.39 is 0 Å². The van der Waals surface area contributed by atoms with Gasteiger partial charge in [0.2, 0.25) is 0 Å². The number of nitrogens with one attached hydrogen (secondary N) is 1. The summed E-state index contributed by atoms with van der Waals surface area (Å²) >= 11 is 8.83. The van der Waals surface area contributed by atoms with Crippen molar-refractivity contribution in [3.63, 3.8) is 0 Å². The smallest absolute Gasteiger partial charge is 0.276 e. The monoisotopic (exact) mass is 474 g/mol. The summed E-state index contributed by atoms with van der Waals surface area (Å²) in [5.41, 5.74) is 3.52. The molecule has 0 saturated carbocycles. The first kappa shape index (κ1) is 21.3. The molecule has 0 spiro atoms. The number of amides is 1. The largest absolute Gasteiger partial charge is 0.493 e. The second kappa shape index (κ2) is 9.41. The van der Waals surface area contributed by atoms with Crippen LogP contribution in [0.2, 0.25) is 0 Å². The zero-order chi connectivity index (χ0) is 21.0. The van der Waals surface area contributed by atoms with Gasteiger partial charge < -0.3 is 14.8 Å². The summed E-state index contributed by atoms with van der Waals surface area (Å²) in [4.78, 5) is 14.1. The molecule has 7 heteroatoms. The number of benzene rings is 2.